The molecule has 0 aliphatic rings. The first-order valence-electron chi connectivity index (χ1n) is 5.77. The Morgan fingerprint density at radius 1 is 1.37 bits per heavy atom. The molecular formula is C13H15Cl2NO3. The van der Waals surface area contributed by atoms with Crippen LogP contribution in [0.15, 0.2) is 18.2 Å². The second-order valence-electron chi connectivity index (χ2n) is 4.45. The Morgan fingerprint density at radius 2 is 2.00 bits per heavy atom. The molecule has 104 valence electrons. The molecular weight excluding hydrogens is 289 g/mol. The minimum Gasteiger partial charge on any atom is -0.480 e. The van der Waals surface area contributed by atoms with Crippen LogP contribution >= 0.6 is 23.2 Å². The highest BCUT2D eigenvalue weighted by atomic mass is 35.5. The number of carboxylic acids is 1. The van der Waals surface area contributed by atoms with E-state index in [1.54, 1.807) is 25.1 Å². The highest BCUT2D eigenvalue weighted by Crippen LogP contribution is 2.21. The Labute approximate surface area is 121 Å². The third kappa shape index (κ3) is 4.11. The molecule has 6 heteroatoms. The molecule has 0 heterocycles. The van der Waals surface area contributed by atoms with Gasteiger partial charge in [0, 0.05) is 10.0 Å². The molecule has 0 aliphatic heterocycles. The topological polar surface area (TPSA) is 66.4 Å². The number of carboxylic acid groups (broad SMARTS) is 1. The van der Waals surface area contributed by atoms with E-state index in [0.29, 0.717) is 22.0 Å². The summed E-state index contributed by atoms with van der Waals surface area (Å²) < 4.78 is 0. The van der Waals surface area contributed by atoms with E-state index in [9.17, 15) is 9.59 Å². The third-order valence-corrected chi connectivity index (χ3v) is 3.55. The van der Waals surface area contributed by atoms with Crippen LogP contribution in [0.3, 0.4) is 0 Å². The van der Waals surface area contributed by atoms with Crippen molar-refractivity contribution in [2.24, 2.45) is 0 Å². The summed E-state index contributed by atoms with van der Waals surface area (Å²) in [6.45, 7) is 3.17. The second kappa shape index (κ2) is 6.26. The highest BCUT2D eigenvalue weighted by molar-refractivity contribution is 6.35. The van der Waals surface area contributed by atoms with Crippen LogP contribution in [-0.2, 0) is 16.0 Å². The summed E-state index contributed by atoms with van der Waals surface area (Å²) in [7, 11) is 0. The molecule has 2 N–H and O–H groups in total. The van der Waals surface area contributed by atoms with Gasteiger partial charge in [-0.1, -0.05) is 36.2 Å². The summed E-state index contributed by atoms with van der Waals surface area (Å²) in [5.41, 5.74) is -0.664. The maximum atomic E-state index is 11.9. The van der Waals surface area contributed by atoms with Crippen LogP contribution in [0.5, 0.6) is 0 Å². The molecule has 4 nitrogen and oxygen atoms in total. The molecule has 1 rings (SSSR count). The van der Waals surface area contributed by atoms with Crippen LogP contribution in [0.25, 0.3) is 0 Å². The summed E-state index contributed by atoms with van der Waals surface area (Å²) in [4.78, 5) is 23.0. The average Bonchev–Trinajstić information content (AvgIpc) is 2.32. The number of rotatable bonds is 5. The fourth-order valence-electron chi connectivity index (χ4n) is 1.48. The lowest BCUT2D eigenvalue weighted by molar-refractivity contribution is -0.146. The third-order valence-electron chi connectivity index (χ3n) is 2.96. The number of amides is 1. The van der Waals surface area contributed by atoms with Crippen molar-refractivity contribution >= 4 is 35.1 Å². The van der Waals surface area contributed by atoms with E-state index in [1.807, 2.05) is 0 Å². The zero-order valence-electron chi connectivity index (χ0n) is 10.7. The molecule has 0 saturated carbocycles. The minimum atomic E-state index is -1.27. The fourth-order valence-corrected chi connectivity index (χ4v) is 1.96. The summed E-state index contributed by atoms with van der Waals surface area (Å²) in [6, 6.07) is 4.82. The van der Waals surface area contributed by atoms with E-state index in [4.69, 9.17) is 28.3 Å². The van der Waals surface area contributed by atoms with Crippen molar-refractivity contribution in [1.29, 1.82) is 0 Å². The quantitative estimate of drug-likeness (QED) is 0.879. The SMILES string of the molecule is CCC(C)(NC(=O)Cc1ccc(Cl)cc1Cl)C(=O)O. The van der Waals surface area contributed by atoms with Crippen LogP contribution in [0.2, 0.25) is 10.0 Å². The lowest BCUT2D eigenvalue weighted by Gasteiger charge is -2.24. The van der Waals surface area contributed by atoms with Crippen LogP contribution in [-0.4, -0.2) is 22.5 Å². The van der Waals surface area contributed by atoms with Crippen molar-refractivity contribution in [3.05, 3.63) is 33.8 Å². The summed E-state index contributed by atoms with van der Waals surface area (Å²) in [6.07, 6.45) is 0.307. The van der Waals surface area contributed by atoms with Gasteiger partial charge in [-0.05, 0) is 31.0 Å². The Kier molecular flexibility index (Phi) is 5.20. The second-order valence-corrected chi connectivity index (χ2v) is 5.30. The van der Waals surface area contributed by atoms with Gasteiger partial charge in [0.25, 0.3) is 0 Å². The molecule has 1 aromatic carbocycles. The molecule has 0 aliphatic carbocycles. The van der Waals surface area contributed by atoms with Crippen LogP contribution < -0.4 is 5.32 Å². The van der Waals surface area contributed by atoms with Crippen LogP contribution in [0, 0.1) is 0 Å². The maximum Gasteiger partial charge on any atom is 0.329 e. The van der Waals surface area contributed by atoms with E-state index in [1.165, 1.54) is 6.92 Å². The Balaban J connectivity index is 2.78. The first kappa shape index (κ1) is 15.8. The molecule has 0 aromatic heterocycles. The van der Waals surface area contributed by atoms with Gasteiger partial charge < -0.3 is 10.4 Å². The van der Waals surface area contributed by atoms with Gasteiger partial charge >= 0.3 is 5.97 Å². The Morgan fingerprint density at radius 3 is 2.47 bits per heavy atom. The highest BCUT2D eigenvalue weighted by Gasteiger charge is 2.32. The standard InChI is InChI=1S/C13H15Cl2NO3/c1-3-13(2,12(18)19)16-11(17)6-8-4-5-9(14)7-10(8)15/h4-5,7H,3,6H2,1-2H3,(H,16,17)(H,18,19). The van der Waals surface area contributed by atoms with Gasteiger partial charge in [0.2, 0.25) is 5.91 Å². The van der Waals surface area contributed by atoms with Gasteiger partial charge in [0.15, 0.2) is 0 Å². The van der Waals surface area contributed by atoms with E-state index in [-0.39, 0.29) is 6.42 Å². The number of benzene rings is 1. The smallest absolute Gasteiger partial charge is 0.329 e. The molecule has 0 bridgehead atoms. The molecule has 1 aromatic rings. The molecule has 1 unspecified atom stereocenters. The summed E-state index contributed by atoms with van der Waals surface area (Å²) >= 11 is 11.7. The molecule has 0 fully saturated rings. The molecule has 0 radical (unpaired) electrons. The zero-order chi connectivity index (χ0) is 14.6. The first-order valence-corrected chi connectivity index (χ1v) is 6.52. The average molecular weight is 304 g/mol. The molecule has 0 saturated heterocycles. The first-order chi connectivity index (χ1) is 8.78. The van der Waals surface area contributed by atoms with Crippen molar-refractivity contribution in [2.45, 2.75) is 32.2 Å². The Hall–Kier alpha value is -1.26. The van der Waals surface area contributed by atoms with E-state index in [0.717, 1.165) is 0 Å². The monoisotopic (exact) mass is 303 g/mol. The number of carbonyl (C=O) groups is 2. The van der Waals surface area contributed by atoms with Gasteiger partial charge in [0.05, 0.1) is 6.42 Å². The van der Waals surface area contributed by atoms with Crippen molar-refractivity contribution in [3.63, 3.8) is 0 Å². The van der Waals surface area contributed by atoms with Crippen molar-refractivity contribution in [1.82, 2.24) is 5.32 Å². The maximum absolute atomic E-state index is 11.9. The van der Waals surface area contributed by atoms with Gasteiger partial charge in [0.1, 0.15) is 5.54 Å². The molecule has 1 atom stereocenters. The van der Waals surface area contributed by atoms with Crippen molar-refractivity contribution < 1.29 is 14.7 Å². The number of nitrogens with one attached hydrogen (secondary N) is 1. The van der Waals surface area contributed by atoms with E-state index >= 15 is 0 Å². The summed E-state index contributed by atoms with van der Waals surface area (Å²) in [5.74, 6) is -1.46. The minimum absolute atomic E-state index is 0.0128. The zero-order valence-corrected chi connectivity index (χ0v) is 12.2. The van der Waals surface area contributed by atoms with Crippen LogP contribution in [0.4, 0.5) is 0 Å². The van der Waals surface area contributed by atoms with Crippen molar-refractivity contribution in [2.75, 3.05) is 0 Å². The fraction of sp³-hybridized carbons (Fsp3) is 0.385. The van der Waals surface area contributed by atoms with Gasteiger partial charge in [-0.3, -0.25) is 4.79 Å². The van der Waals surface area contributed by atoms with E-state index in [2.05, 4.69) is 5.32 Å². The van der Waals surface area contributed by atoms with E-state index < -0.39 is 17.4 Å². The largest absolute Gasteiger partial charge is 0.480 e. The number of aliphatic carboxylic acids is 1. The number of carbonyl (C=O) groups excluding carboxylic acids is 1. The van der Waals surface area contributed by atoms with Crippen LogP contribution in [0.1, 0.15) is 25.8 Å². The number of hydrogen-bond donors (Lipinski definition) is 2. The Bertz CT molecular complexity index is 505. The normalized spacial score (nSPS) is 13.7. The molecule has 1 amide bonds. The van der Waals surface area contributed by atoms with Gasteiger partial charge in [-0.25, -0.2) is 4.79 Å². The number of halogens is 2. The lowest BCUT2D eigenvalue weighted by atomic mass is 9.98. The lowest BCUT2D eigenvalue weighted by Crippen LogP contribution is -2.52. The van der Waals surface area contributed by atoms with Gasteiger partial charge in [-0.2, -0.15) is 0 Å². The molecule has 0 spiro atoms. The predicted molar refractivity (Wildman–Crippen MR) is 74.6 cm³/mol. The summed E-state index contributed by atoms with van der Waals surface area (Å²) in [5, 5.41) is 12.5. The predicted octanol–water partition coefficient (Wildman–Crippen LogP) is 2.91. The van der Waals surface area contributed by atoms with Crippen molar-refractivity contribution in [3.8, 4) is 0 Å². The number of hydrogen-bond acceptors (Lipinski definition) is 2. The molecule has 19 heavy (non-hydrogen) atoms. The van der Waals surface area contributed by atoms with Gasteiger partial charge in [-0.15, -0.1) is 0 Å².